The van der Waals surface area contributed by atoms with Crippen LogP contribution in [0.3, 0.4) is 0 Å². The standard InChI is InChI=1S/C39H38F3N3O9S2/c1-50-32-22-26(6-11-31(32)54-30-10-7-27(24-43)21-29(30)39(40,41)42)23-34-37(48)45(38(49)56-34)14-16-52-18-20-53-19-17-51-15-2-3-25-4-8-28(9-5-25)55-33-12-13-35(46)44-36(33)47/h4-11,21-23,33H,2-3,12-20H2,1H3,(H,44,46,47)/b34-23-. The summed E-state index contributed by atoms with van der Waals surface area (Å²) in [7, 11) is 1.31. The van der Waals surface area contributed by atoms with Crippen LogP contribution in [0.15, 0.2) is 70.5 Å². The lowest BCUT2D eigenvalue weighted by Crippen LogP contribution is -2.42. The first kappa shape index (κ1) is 42.3. The van der Waals surface area contributed by atoms with Crippen LogP contribution in [0.25, 0.3) is 6.08 Å². The normalized spacial score (nSPS) is 16.7. The van der Waals surface area contributed by atoms with E-state index < -0.39 is 28.6 Å². The van der Waals surface area contributed by atoms with Gasteiger partial charge >= 0.3 is 6.18 Å². The molecule has 1 unspecified atom stereocenters. The highest BCUT2D eigenvalue weighted by atomic mass is 32.2. The highest BCUT2D eigenvalue weighted by molar-refractivity contribution is 8.18. The number of carbonyl (C=O) groups excluding carboxylic acids is 4. The number of rotatable bonds is 19. The van der Waals surface area contributed by atoms with Crippen molar-refractivity contribution in [3.8, 4) is 23.3 Å². The largest absolute Gasteiger partial charge is 0.493 e. The monoisotopic (exact) mass is 813 g/mol. The van der Waals surface area contributed by atoms with Gasteiger partial charge in [0.2, 0.25) is 11.8 Å². The summed E-state index contributed by atoms with van der Waals surface area (Å²) >= 11 is 2.21. The molecule has 0 bridgehead atoms. The number of aryl methyl sites for hydroxylation is 1. The highest BCUT2D eigenvalue weighted by Gasteiger charge is 2.36. The summed E-state index contributed by atoms with van der Waals surface area (Å²) in [5.74, 6) is -1.42. The topological polar surface area (TPSA) is 153 Å². The molecule has 2 aliphatic rings. The summed E-state index contributed by atoms with van der Waals surface area (Å²) in [6.45, 7) is 2.07. The minimum Gasteiger partial charge on any atom is -0.493 e. The number of hydrogen-bond donors (Lipinski definition) is 1. The molecule has 5 rings (SSSR count). The molecule has 2 heterocycles. The number of nitrogens with one attached hydrogen (secondary N) is 1. The number of carbonyl (C=O) groups is 4. The molecule has 0 aliphatic carbocycles. The zero-order valence-electron chi connectivity index (χ0n) is 30.2. The molecule has 0 spiro atoms. The molecule has 1 atom stereocenters. The number of methoxy groups -OCH3 is 1. The number of nitrogens with zero attached hydrogens (tertiary/aromatic N) is 2. The Bertz CT molecular complexity index is 1970. The third-order valence-corrected chi connectivity index (χ3v) is 10.5. The summed E-state index contributed by atoms with van der Waals surface area (Å²) in [5, 5.41) is 10.7. The summed E-state index contributed by atoms with van der Waals surface area (Å²) in [6.07, 6.45) is -0.723. The smallest absolute Gasteiger partial charge is 0.420 e. The van der Waals surface area contributed by atoms with Gasteiger partial charge in [0, 0.05) is 17.9 Å². The van der Waals surface area contributed by atoms with Crippen LogP contribution in [-0.4, -0.2) is 86.4 Å². The van der Waals surface area contributed by atoms with Crippen molar-refractivity contribution in [3.63, 3.8) is 0 Å². The maximum absolute atomic E-state index is 13.6. The molecule has 0 aromatic heterocycles. The van der Waals surface area contributed by atoms with Gasteiger partial charge in [0.15, 0.2) is 11.5 Å². The number of alkyl halides is 3. The number of thioether (sulfide) groups is 2. The molecule has 3 aromatic carbocycles. The van der Waals surface area contributed by atoms with Gasteiger partial charge in [0.05, 0.1) is 74.0 Å². The van der Waals surface area contributed by atoms with E-state index in [1.165, 1.54) is 49.2 Å². The zero-order valence-corrected chi connectivity index (χ0v) is 31.9. The average Bonchev–Trinajstić information content (AvgIpc) is 3.44. The van der Waals surface area contributed by atoms with Gasteiger partial charge in [-0.05, 0) is 90.7 Å². The summed E-state index contributed by atoms with van der Waals surface area (Å²) in [5.41, 5.74) is 0.316. The molecule has 56 heavy (non-hydrogen) atoms. The van der Waals surface area contributed by atoms with Gasteiger partial charge in [0.1, 0.15) is 5.75 Å². The second-order valence-corrected chi connectivity index (χ2v) is 14.6. The maximum Gasteiger partial charge on any atom is 0.420 e. The number of amides is 4. The molecule has 1 N–H and O–H groups in total. The summed E-state index contributed by atoms with van der Waals surface area (Å²) < 4.78 is 68.4. The van der Waals surface area contributed by atoms with Crippen LogP contribution in [-0.2, 0) is 41.2 Å². The van der Waals surface area contributed by atoms with Crippen molar-refractivity contribution in [2.24, 2.45) is 0 Å². The number of benzene rings is 3. The van der Waals surface area contributed by atoms with E-state index in [4.69, 9.17) is 28.9 Å². The second-order valence-electron chi connectivity index (χ2n) is 12.3. The first-order chi connectivity index (χ1) is 26.9. The molecule has 12 nitrogen and oxygen atoms in total. The molecule has 17 heteroatoms. The van der Waals surface area contributed by atoms with Crippen molar-refractivity contribution < 1.29 is 56.0 Å². The molecule has 0 saturated carbocycles. The van der Waals surface area contributed by atoms with Gasteiger partial charge in [-0.2, -0.15) is 18.4 Å². The van der Waals surface area contributed by atoms with Crippen LogP contribution in [0.4, 0.5) is 18.0 Å². The Hall–Kier alpha value is -4.86. The Morgan fingerprint density at radius 1 is 0.911 bits per heavy atom. The van der Waals surface area contributed by atoms with Gasteiger partial charge in [-0.3, -0.25) is 29.4 Å². The maximum atomic E-state index is 13.6. The van der Waals surface area contributed by atoms with Crippen molar-refractivity contribution in [1.29, 1.82) is 5.26 Å². The predicted molar refractivity (Wildman–Crippen MR) is 201 cm³/mol. The Morgan fingerprint density at radius 2 is 1.61 bits per heavy atom. The number of ether oxygens (including phenoxy) is 5. The minimum atomic E-state index is -4.77. The van der Waals surface area contributed by atoms with Crippen LogP contribution in [0.2, 0.25) is 0 Å². The fraction of sp³-hybridized carbons (Fsp3) is 0.359. The lowest BCUT2D eigenvalue weighted by atomic mass is 10.1. The van der Waals surface area contributed by atoms with E-state index in [9.17, 15) is 32.3 Å². The average molecular weight is 814 g/mol. The Kier molecular flexibility index (Phi) is 15.4. The van der Waals surface area contributed by atoms with Gasteiger partial charge in [-0.15, -0.1) is 11.8 Å². The summed E-state index contributed by atoms with van der Waals surface area (Å²) in [6, 6.07) is 17.0. The fourth-order valence-electron chi connectivity index (χ4n) is 5.49. The molecule has 2 fully saturated rings. The van der Waals surface area contributed by atoms with E-state index >= 15 is 0 Å². The lowest BCUT2D eigenvalue weighted by Gasteiger charge is -2.20. The Balaban J connectivity index is 0.953. The van der Waals surface area contributed by atoms with Crippen molar-refractivity contribution in [2.45, 2.75) is 42.0 Å². The van der Waals surface area contributed by atoms with Crippen LogP contribution in [0, 0.1) is 11.3 Å². The Morgan fingerprint density at radius 3 is 2.29 bits per heavy atom. The quantitative estimate of drug-likeness (QED) is 0.0754. The van der Waals surface area contributed by atoms with E-state index in [1.54, 1.807) is 6.07 Å². The number of piperidine rings is 1. The van der Waals surface area contributed by atoms with Crippen LogP contribution < -0.4 is 14.8 Å². The van der Waals surface area contributed by atoms with E-state index in [2.05, 4.69) is 5.32 Å². The minimum absolute atomic E-state index is 0.0260. The van der Waals surface area contributed by atoms with Gasteiger partial charge in [-0.25, -0.2) is 0 Å². The Labute approximate surface area is 329 Å². The molecule has 2 saturated heterocycles. The van der Waals surface area contributed by atoms with Crippen molar-refractivity contribution in [1.82, 2.24) is 10.2 Å². The molecule has 3 aromatic rings. The van der Waals surface area contributed by atoms with E-state index in [0.717, 1.165) is 46.0 Å². The van der Waals surface area contributed by atoms with Gasteiger partial charge in [-0.1, -0.05) is 18.2 Å². The van der Waals surface area contributed by atoms with Crippen LogP contribution in [0.5, 0.6) is 17.2 Å². The molecule has 0 radical (unpaired) electrons. The predicted octanol–water partition coefficient (Wildman–Crippen LogP) is 6.99. The number of imide groups is 2. The first-order valence-corrected chi connectivity index (χ1v) is 19.2. The lowest BCUT2D eigenvalue weighted by molar-refractivity contribution is -0.138. The van der Waals surface area contributed by atoms with Crippen LogP contribution >= 0.6 is 23.5 Å². The molecule has 2 aliphatic heterocycles. The third kappa shape index (κ3) is 12.1. The van der Waals surface area contributed by atoms with E-state index in [-0.39, 0.29) is 58.8 Å². The number of halogens is 3. The van der Waals surface area contributed by atoms with Gasteiger partial charge in [0.25, 0.3) is 11.1 Å². The van der Waals surface area contributed by atoms with E-state index in [0.29, 0.717) is 50.9 Å². The molecular weight excluding hydrogens is 776 g/mol. The van der Waals surface area contributed by atoms with Gasteiger partial charge < -0.3 is 23.7 Å². The second kappa shape index (κ2) is 20.3. The third-order valence-electron chi connectivity index (χ3n) is 8.34. The van der Waals surface area contributed by atoms with Crippen LogP contribution in [0.1, 0.15) is 41.5 Å². The van der Waals surface area contributed by atoms with Crippen molar-refractivity contribution in [3.05, 3.63) is 87.8 Å². The SMILES string of the molecule is COc1cc(/C=C2\SC(=O)N(CCOCCOCCOCCCc3ccc(SC4CCC(=O)NC4=O)cc3)C2=O)ccc1Oc1ccc(C#N)cc1C(F)(F)F. The zero-order chi connectivity index (χ0) is 40.1. The highest BCUT2D eigenvalue weighted by Crippen LogP contribution is 2.41. The van der Waals surface area contributed by atoms with E-state index in [1.807, 2.05) is 24.3 Å². The molecular formula is C39H38F3N3O9S2. The number of hydrogen-bond acceptors (Lipinski definition) is 12. The first-order valence-electron chi connectivity index (χ1n) is 17.5. The summed E-state index contributed by atoms with van der Waals surface area (Å²) in [4.78, 5) is 51.0. The molecule has 296 valence electrons. The van der Waals surface area contributed by atoms with Crippen molar-refractivity contribution >= 4 is 52.6 Å². The fourth-order valence-corrected chi connectivity index (χ4v) is 7.38. The number of nitriles is 1. The van der Waals surface area contributed by atoms with Crippen molar-refractivity contribution in [2.75, 3.05) is 53.3 Å². The molecule has 4 amide bonds.